The number of nitrogens with zero attached hydrogens (tertiary/aromatic N) is 5. The lowest BCUT2D eigenvalue weighted by molar-refractivity contribution is -0.141. The fourth-order valence-electron chi connectivity index (χ4n) is 6.07. The molecule has 1 aliphatic carbocycles. The van der Waals surface area contributed by atoms with Crippen LogP contribution >= 0.6 is 0 Å². The number of aromatic nitrogens is 3. The molecule has 1 aliphatic heterocycles. The largest absolute Gasteiger partial charge is 0.405 e. The van der Waals surface area contributed by atoms with Crippen molar-refractivity contribution in [3.05, 3.63) is 40.3 Å². The lowest BCUT2D eigenvalue weighted by Crippen LogP contribution is -2.43. The molecule has 2 aromatic heterocycles. The third kappa shape index (κ3) is 7.03. The number of anilines is 1. The number of hydrogen-bond acceptors (Lipinski definition) is 7. The highest BCUT2D eigenvalue weighted by atomic mass is 19.4. The Morgan fingerprint density at radius 2 is 1.79 bits per heavy atom. The average Bonchev–Trinajstić information content (AvgIpc) is 2.97. The van der Waals surface area contributed by atoms with Crippen LogP contribution in [0.4, 0.5) is 19.1 Å². The molecule has 5 rings (SSSR count). The SMILES string of the molecule is CCCCNc1ncc2c3ccc(CN4CCN(C)CC4)cc3c(=O)n(C3CCC(C(=O)NCC(F)(F)F)CC3)c2n1. The monoisotopic (exact) mass is 587 g/mol. The van der Waals surface area contributed by atoms with E-state index < -0.39 is 24.5 Å². The van der Waals surface area contributed by atoms with E-state index in [9.17, 15) is 22.8 Å². The summed E-state index contributed by atoms with van der Waals surface area (Å²) < 4.78 is 39.6. The van der Waals surface area contributed by atoms with Gasteiger partial charge in [-0.15, -0.1) is 0 Å². The first kappa shape index (κ1) is 30.2. The van der Waals surface area contributed by atoms with Gasteiger partial charge in [0.1, 0.15) is 12.2 Å². The van der Waals surface area contributed by atoms with E-state index in [1.54, 1.807) is 10.8 Å². The van der Waals surface area contributed by atoms with Crippen LogP contribution in [0.5, 0.6) is 0 Å². The number of fused-ring (bicyclic) bond motifs is 3. The fraction of sp³-hybridized carbons (Fsp3) is 0.600. The number of carbonyl (C=O) groups excluding carboxylic acids is 1. The molecule has 1 saturated heterocycles. The van der Waals surface area contributed by atoms with E-state index in [0.717, 1.165) is 61.9 Å². The van der Waals surface area contributed by atoms with Crippen LogP contribution in [0, 0.1) is 5.92 Å². The molecule has 0 unspecified atom stereocenters. The number of rotatable bonds is 9. The summed E-state index contributed by atoms with van der Waals surface area (Å²) in [5.74, 6) is -0.641. The maximum atomic E-state index is 14.2. The molecule has 2 N–H and O–H groups in total. The smallest absolute Gasteiger partial charge is 0.354 e. The minimum Gasteiger partial charge on any atom is -0.354 e. The van der Waals surface area contributed by atoms with E-state index in [1.165, 1.54) is 0 Å². The number of alkyl halides is 3. The van der Waals surface area contributed by atoms with Crippen molar-refractivity contribution in [2.24, 2.45) is 5.92 Å². The molecule has 0 spiro atoms. The Kier molecular flexibility index (Phi) is 9.32. The van der Waals surface area contributed by atoms with Gasteiger partial charge in [-0.1, -0.05) is 25.5 Å². The van der Waals surface area contributed by atoms with Crippen molar-refractivity contribution in [3.63, 3.8) is 0 Å². The molecular formula is C30H40F3N7O2. The maximum absolute atomic E-state index is 14.2. The summed E-state index contributed by atoms with van der Waals surface area (Å²) in [4.78, 5) is 40.6. The van der Waals surface area contributed by atoms with Crippen LogP contribution in [0.3, 0.4) is 0 Å². The number of hydrogen-bond donors (Lipinski definition) is 2. The van der Waals surface area contributed by atoms with Crippen LogP contribution in [0.15, 0.2) is 29.2 Å². The second-order valence-electron chi connectivity index (χ2n) is 11.7. The van der Waals surface area contributed by atoms with Crippen LogP contribution < -0.4 is 16.2 Å². The summed E-state index contributed by atoms with van der Waals surface area (Å²) in [5, 5.41) is 7.45. The Labute approximate surface area is 243 Å². The number of carbonyl (C=O) groups is 1. The average molecular weight is 588 g/mol. The topological polar surface area (TPSA) is 95.4 Å². The molecule has 3 aromatic rings. The summed E-state index contributed by atoms with van der Waals surface area (Å²) in [6.07, 6.45) is 1.09. The van der Waals surface area contributed by atoms with Crippen molar-refractivity contribution in [2.75, 3.05) is 51.6 Å². The van der Waals surface area contributed by atoms with Gasteiger partial charge < -0.3 is 15.5 Å². The zero-order valence-corrected chi connectivity index (χ0v) is 24.3. The van der Waals surface area contributed by atoms with Crippen molar-refractivity contribution in [2.45, 2.75) is 64.2 Å². The highest BCUT2D eigenvalue weighted by Gasteiger charge is 2.33. The summed E-state index contributed by atoms with van der Waals surface area (Å²) in [5.41, 5.74) is 1.47. The minimum atomic E-state index is -4.45. The Hall–Kier alpha value is -3.25. The number of nitrogens with one attached hydrogen (secondary N) is 2. The van der Waals surface area contributed by atoms with Gasteiger partial charge in [0.15, 0.2) is 0 Å². The van der Waals surface area contributed by atoms with Gasteiger partial charge in [-0.2, -0.15) is 18.2 Å². The number of amides is 1. The van der Waals surface area contributed by atoms with Crippen LogP contribution in [-0.4, -0.2) is 82.7 Å². The quantitative estimate of drug-likeness (QED) is 0.285. The predicted molar refractivity (Wildman–Crippen MR) is 158 cm³/mol. The number of likely N-dealkylation sites (N-methyl/N-ethyl adjacent to an activating group) is 1. The van der Waals surface area contributed by atoms with Gasteiger partial charge in [-0.3, -0.25) is 19.1 Å². The first-order valence-electron chi connectivity index (χ1n) is 15.0. The van der Waals surface area contributed by atoms with E-state index in [0.29, 0.717) is 49.2 Å². The molecular weight excluding hydrogens is 547 g/mol. The lowest BCUT2D eigenvalue weighted by atomic mass is 9.85. The van der Waals surface area contributed by atoms with E-state index >= 15 is 0 Å². The maximum Gasteiger partial charge on any atom is 0.405 e. The highest BCUT2D eigenvalue weighted by molar-refractivity contribution is 6.04. The second-order valence-corrected chi connectivity index (χ2v) is 11.7. The number of piperazine rings is 1. The van der Waals surface area contributed by atoms with Crippen molar-refractivity contribution >= 4 is 33.7 Å². The molecule has 3 heterocycles. The molecule has 2 aliphatic rings. The van der Waals surface area contributed by atoms with Gasteiger partial charge in [-0.05, 0) is 56.2 Å². The summed E-state index contributed by atoms with van der Waals surface area (Å²) in [6.45, 7) is 6.20. The van der Waals surface area contributed by atoms with Crippen molar-refractivity contribution in [3.8, 4) is 0 Å². The number of benzene rings is 1. The molecule has 42 heavy (non-hydrogen) atoms. The van der Waals surface area contributed by atoms with Crippen LogP contribution in [0.25, 0.3) is 21.8 Å². The predicted octanol–water partition coefficient (Wildman–Crippen LogP) is 4.31. The lowest BCUT2D eigenvalue weighted by Gasteiger charge is -2.32. The Morgan fingerprint density at radius 3 is 2.48 bits per heavy atom. The van der Waals surface area contributed by atoms with E-state index in [1.807, 2.05) is 17.4 Å². The molecule has 12 heteroatoms. The number of pyridine rings is 1. The van der Waals surface area contributed by atoms with Crippen molar-refractivity contribution in [1.29, 1.82) is 0 Å². The van der Waals surface area contributed by atoms with Gasteiger partial charge in [-0.25, -0.2) is 4.98 Å². The third-order valence-electron chi connectivity index (χ3n) is 8.53. The second kappa shape index (κ2) is 12.9. The summed E-state index contributed by atoms with van der Waals surface area (Å²) in [6, 6.07) is 5.82. The molecule has 9 nitrogen and oxygen atoms in total. The molecule has 2 fully saturated rings. The zero-order chi connectivity index (χ0) is 29.9. The zero-order valence-electron chi connectivity index (χ0n) is 24.3. The van der Waals surface area contributed by atoms with Gasteiger partial charge >= 0.3 is 6.18 Å². The summed E-state index contributed by atoms with van der Waals surface area (Å²) in [7, 11) is 2.12. The first-order valence-corrected chi connectivity index (χ1v) is 15.0. The van der Waals surface area contributed by atoms with Gasteiger partial charge in [0, 0.05) is 68.2 Å². The van der Waals surface area contributed by atoms with Crippen LogP contribution in [-0.2, 0) is 11.3 Å². The van der Waals surface area contributed by atoms with E-state index in [4.69, 9.17) is 4.98 Å². The molecule has 0 bridgehead atoms. The molecule has 0 radical (unpaired) electrons. The van der Waals surface area contributed by atoms with E-state index in [2.05, 4.69) is 40.1 Å². The van der Waals surface area contributed by atoms with Gasteiger partial charge in [0.25, 0.3) is 5.56 Å². The fourth-order valence-corrected chi connectivity index (χ4v) is 6.07. The van der Waals surface area contributed by atoms with Crippen molar-refractivity contribution in [1.82, 2.24) is 29.7 Å². The first-order chi connectivity index (χ1) is 20.1. The van der Waals surface area contributed by atoms with Gasteiger partial charge in [0.05, 0.1) is 0 Å². The highest BCUT2D eigenvalue weighted by Crippen LogP contribution is 2.35. The standard InChI is InChI=1S/C30H40F3N7O2/c1-3-4-11-34-29-35-17-25-23-10-5-20(18-39-14-12-38(2)13-15-39)16-24(23)28(42)40(26(25)37-29)22-8-6-21(7-9-22)27(41)36-19-30(31,32)33/h5,10,16-17,21-22H,3-4,6-9,11-15,18-19H2,1-2H3,(H,36,41)(H,34,35,37). The number of halogens is 3. The molecule has 0 atom stereocenters. The molecule has 228 valence electrons. The van der Waals surface area contributed by atoms with Crippen LogP contribution in [0.2, 0.25) is 0 Å². The van der Waals surface area contributed by atoms with Gasteiger partial charge in [0.2, 0.25) is 11.9 Å². The Balaban J connectivity index is 1.47. The molecule has 1 amide bonds. The molecule has 1 aromatic carbocycles. The third-order valence-corrected chi connectivity index (χ3v) is 8.53. The molecule has 1 saturated carbocycles. The Bertz CT molecular complexity index is 1460. The summed E-state index contributed by atoms with van der Waals surface area (Å²) >= 11 is 0. The normalized spacial score (nSPS) is 20.7. The van der Waals surface area contributed by atoms with E-state index in [-0.39, 0.29) is 11.6 Å². The van der Waals surface area contributed by atoms with Crippen LogP contribution in [0.1, 0.15) is 57.1 Å². The minimum absolute atomic E-state index is 0.138. The Morgan fingerprint density at radius 1 is 1.05 bits per heavy atom. The van der Waals surface area contributed by atoms with Crippen molar-refractivity contribution < 1.29 is 18.0 Å². The number of unbranched alkanes of at least 4 members (excludes halogenated alkanes) is 1.